The molecule has 1 heterocycles. The van der Waals surface area contributed by atoms with Gasteiger partial charge in [-0.15, -0.1) is 0 Å². The summed E-state index contributed by atoms with van der Waals surface area (Å²) in [6, 6.07) is 1.26. The summed E-state index contributed by atoms with van der Waals surface area (Å²) in [5, 5.41) is 0.231. The number of carbonyl (C=O) groups is 1. The largest absolute Gasteiger partial charge is 0.466 e. The van der Waals surface area contributed by atoms with Crippen LogP contribution in [0.5, 0.6) is 0 Å². The number of nitrogens with zero attached hydrogens (tertiary/aromatic N) is 1. The van der Waals surface area contributed by atoms with Crippen LogP contribution in [0, 0.1) is 0 Å². The average molecular weight is 308 g/mol. The van der Waals surface area contributed by atoms with Crippen molar-refractivity contribution in [2.45, 2.75) is 25.1 Å². The zero-order valence-electron chi connectivity index (χ0n) is 9.25. The molecule has 0 amide bonds. The minimum Gasteiger partial charge on any atom is -0.466 e. The molecule has 0 bridgehead atoms. The van der Waals surface area contributed by atoms with E-state index in [0.717, 1.165) is 0 Å². The van der Waals surface area contributed by atoms with E-state index in [9.17, 15) is 13.6 Å². The molecular formula is C11H12BrF2NO2. The Kier molecular flexibility index (Phi) is 5.47. The van der Waals surface area contributed by atoms with Crippen LogP contribution in [0.3, 0.4) is 0 Å². The van der Waals surface area contributed by atoms with Crippen LogP contribution in [0.25, 0.3) is 0 Å². The molecule has 6 heteroatoms. The summed E-state index contributed by atoms with van der Waals surface area (Å²) in [6.07, 6.45) is -1.39. The van der Waals surface area contributed by atoms with Crippen molar-refractivity contribution in [2.24, 2.45) is 0 Å². The van der Waals surface area contributed by atoms with E-state index in [0.29, 0.717) is 11.3 Å². The smallest absolute Gasteiger partial charge is 0.311 e. The van der Waals surface area contributed by atoms with Gasteiger partial charge < -0.3 is 4.74 Å². The Morgan fingerprint density at radius 3 is 2.82 bits per heavy atom. The third kappa shape index (κ3) is 3.73. The highest BCUT2D eigenvalue weighted by molar-refractivity contribution is 9.08. The average Bonchev–Trinajstić information content (AvgIpc) is 2.28. The highest BCUT2D eigenvalue weighted by Crippen LogP contribution is 2.26. The molecule has 0 aliphatic heterocycles. The molecule has 0 N–H and O–H groups in total. The first-order chi connectivity index (χ1) is 8.10. The molecule has 0 aliphatic carbocycles. The van der Waals surface area contributed by atoms with Crippen LogP contribution in [0.4, 0.5) is 8.78 Å². The molecule has 1 rings (SSSR count). The number of pyridine rings is 1. The minimum absolute atomic E-state index is 0.0880. The van der Waals surface area contributed by atoms with E-state index in [1.54, 1.807) is 6.92 Å². The first-order valence-electron chi connectivity index (χ1n) is 5.06. The predicted molar refractivity (Wildman–Crippen MR) is 62.2 cm³/mol. The van der Waals surface area contributed by atoms with Gasteiger partial charge in [0.15, 0.2) is 0 Å². The molecule has 0 aromatic carbocycles. The first kappa shape index (κ1) is 14.0. The quantitative estimate of drug-likeness (QED) is 0.620. The Morgan fingerprint density at radius 2 is 2.29 bits per heavy atom. The Bertz CT molecular complexity index is 399. The molecule has 0 unspecified atom stereocenters. The topological polar surface area (TPSA) is 39.2 Å². The molecule has 0 spiro atoms. The molecule has 0 saturated heterocycles. The van der Waals surface area contributed by atoms with Crippen molar-refractivity contribution in [3.05, 3.63) is 29.1 Å². The van der Waals surface area contributed by atoms with Gasteiger partial charge in [0.05, 0.1) is 18.7 Å². The normalized spacial score (nSPS) is 10.6. The van der Waals surface area contributed by atoms with Gasteiger partial charge >= 0.3 is 5.97 Å². The molecule has 1 aromatic rings. The van der Waals surface area contributed by atoms with Crippen molar-refractivity contribution >= 4 is 21.9 Å². The highest BCUT2D eigenvalue weighted by atomic mass is 79.9. The van der Waals surface area contributed by atoms with Crippen LogP contribution in [0.1, 0.15) is 30.2 Å². The maximum absolute atomic E-state index is 12.7. The van der Waals surface area contributed by atoms with Gasteiger partial charge in [0.25, 0.3) is 6.43 Å². The maximum Gasteiger partial charge on any atom is 0.311 e. The van der Waals surface area contributed by atoms with Gasteiger partial charge in [0.2, 0.25) is 0 Å². The predicted octanol–water partition coefficient (Wildman–Crippen LogP) is 3.02. The third-order valence-electron chi connectivity index (χ3n) is 2.17. The Morgan fingerprint density at radius 1 is 1.59 bits per heavy atom. The van der Waals surface area contributed by atoms with Crippen molar-refractivity contribution in [3.8, 4) is 0 Å². The Labute approximate surface area is 106 Å². The van der Waals surface area contributed by atoms with Crippen LogP contribution in [0.15, 0.2) is 12.3 Å². The van der Waals surface area contributed by atoms with E-state index in [-0.39, 0.29) is 23.9 Å². The molecule has 0 fully saturated rings. The highest BCUT2D eigenvalue weighted by Gasteiger charge is 2.18. The van der Waals surface area contributed by atoms with Gasteiger partial charge in [-0.2, -0.15) is 0 Å². The van der Waals surface area contributed by atoms with E-state index in [1.165, 1.54) is 12.3 Å². The standard InChI is InChI=1S/C11H12BrF2NO2/c1-2-17-10(16)5-9-8(6-12)7(11(13)14)3-4-15-9/h3-4,11H,2,5-6H2,1H3. The van der Waals surface area contributed by atoms with Crippen LogP contribution in [0.2, 0.25) is 0 Å². The van der Waals surface area contributed by atoms with Gasteiger partial charge in [-0.25, -0.2) is 8.78 Å². The zero-order chi connectivity index (χ0) is 12.8. The lowest BCUT2D eigenvalue weighted by Gasteiger charge is -2.10. The molecule has 0 atom stereocenters. The van der Waals surface area contributed by atoms with Crippen molar-refractivity contribution in [1.29, 1.82) is 0 Å². The lowest BCUT2D eigenvalue weighted by atomic mass is 10.1. The van der Waals surface area contributed by atoms with Gasteiger partial charge in [-0.1, -0.05) is 15.9 Å². The Hall–Kier alpha value is -1.04. The van der Waals surface area contributed by atoms with E-state index in [1.807, 2.05) is 0 Å². The number of hydrogen-bond acceptors (Lipinski definition) is 3. The lowest BCUT2D eigenvalue weighted by Crippen LogP contribution is -2.11. The number of hydrogen-bond donors (Lipinski definition) is 0. The summed E-state index contributed by atoms with van der Waals surface area (Å²) in [7, 11) is 0. The van der Waals surface area contributed by atoms with E-state index < -0.39 is 12.4 Å². The van der Waals surface area contributed by atoms with Gasteiger partial charge in [-0.05, 0) is 18.6 Å². The van der Waals surface area contributed by atoms with E-state index in [4.69, 9.17) is 4.74 Å². The summed E-state index contributed by atoms with van der Waals surface area (Å²) in [6.45, 7) is 1.95. The van der Waals surface area contributed by atoms with Crippen molar-refractivity contribution < 1.29 is 18.3 Å². The molecular weight excluding hydrogens is 296 g/mol. The summed E-state index contributed by atoms with van der Waals surface area (Å²) in [5.74, 6) is -0.464. The number of halogens is 3. The first-order valence-corrected chi connectivity index (χ1v) is 6.18. The number of rotatable bonds is 5. The third-order valence-corrected chi connectivity index (χ3v) is 2.73. The summed E-state index contributed by atoms with van der Waals surface area (Å²) < 4.78 is 30.2. The van der Waals surface area contributed by atoms with Crippen LogP contribution < -0.4 is 0 Å². The van der Waals surface area contributed by atoms with Crippen molar-refractivity contribution in [1.82, 2.24) is 4.98 Å². The van der Waals surface area contributed by atoms with Gasteiger partial charge in [0.1, 0.15) is 0 Å². The zero-order valence-corrected chi connectivity index (χ0v) is 10.8. The number of aromatic nitrogens is 1. The molecule has 0 radical (unpaired) electrons. The number of ether oxygens (including phenoxy) is 1. The Balaban J connectivity index is 2.99. The fourth-order valence-electron chi connectivity index (χ4n) is 1.41. The van der Waals surface area contributed by atoms with Crippen molar-refractivity contribution in [2.75, 3.05) is 6.61 Å². The maximum atomic E-state index is 12.7. The summed E-state index contributed by atoms with van der Waals surface area (Å²) >= 11 is 3.13. The fraction of sp³-hybridized carbons (Fsp3) is 0.455. The molecule has 1 aromatic heterocycles. The van der Waals surface area contributed by atoms with Gasteiger partial charge in [0, 0.05) is 17.1 Å². The monoisotopic (exact) mass is 307 g/mol. The van der Waals surface area contributed by atoms with E-state index >= 15 is 0 Å². The molecule has 94 valence electrons. The van der Waals surface area contributed by atoms with Gasteiger partial charge in [-0.3, -0.25) is 9.78 Å². The van der Waals surface area contributed by atoms with Crippen LogP contribution >= 0.6 is 15.9 Å². The summed E-state index contributed by atoms with van der Waals surface area (Å²) in [5.41, 5.74) is 0.588. The van der Waals surface area contributed by atoms with Crippen LogP contribution in [-0.2, 0) is 21.3 Å². The molecule has 0 saturated carbocycles. The van der Waals surface area contributed by atoms with E-state index in [2.05, 4.69) is 20.9 Å². The molecule has 17 heavy (non-hydrogen) atoms. The summed E-state index contributed by atoms with van der Waals surface area (Å²) in [4.78, 5) is 15.2. The minimum atomic E-state index is -2.58. The number of alkyl halides is 3. The molecule has 3 nitrogen and oxygen atoms in total. The number of esters is 1. The second-order valence-corrected chi connectivity index (χ2v) is 3.80. The fourth-order valence-corrected chi connectivity index (χ4v) is 2.06. The lowest BCUT2D eigenvalue weighted by molar-refractivity contribution is -0.142. The molecule has 0 aliphatic rings. The second-order valence-electron chi connectivity index (χ2n) is 3.24. The van der Waals surface area contributed by atoms with Crippen molar-refractivity contribution in [3.63, 3.8) is 0 Å². The second kappa shape index (κ2) is 6.64. The SMILES string of the molecule is CCOC(=O)Cc1nccc(C(F)F)c1CBr. The van der Waals surface area contributed by atoms with Crippen LogP contribution in [-0.4, -0.2) is 17.6 Å². The number of carbonyl (C=O) groups excluding carboxylic acids is 1.